The van der Waals surface area contributed by atoms with E-state index in [1.807, 2.05) is 13.0 Å². The number of benzene rings is 1. The molecule has 0 spiro atoms. The maximum Gasteiger partial charge on any atom is 0.326 e. The summed E-state index contributed by atoms with van der Waals surface area (Å²) in [4.78, 5) is 22.3. The van der Waals surface area contributed by atoms with Gasteiger partial charge in [0.1, 0.15) is 17.7 Å². The molecule has 0 bridgehead atoms. The molecule has 1 aliphatic rings. The van der Waals surface area contributed by atoms with Crippen LogP contribution in [0.5, 0.6) is 0 Å². The topological polar surface area (TPSA) is 66.3 Å². The van der Waals surface area contributed by atoms with Gasteiger partial charge in [-0.05, 0) is 37.8 Å². The fraction of sp³-hybridized carbons (Fsp3) is 0.389. The summed E-state index contributed by atoms with van der Waals surface area (Å²) < 4.78 is 14.1. The number of piperidine rings is 1. The second-order valence-corrected chi connectivity index (χ2v) is 5.92. The molecule has 2 aromatic rings. The normalized spacial score (nSPS) is 17.8. The average Bonchev–Trinajstić information content (AvgIpc) is 2.61. The van der Waals surface area contributed by atoms with Gasteiger partial charge in [0.15, 0.2) is 5.82 Å². The number of carboxylic acid groups (broad SMARTS) is 1. The number of carbonyl (C=O) groups is 1. The molecule has 0 aliphatic carbocycles. The van der Waals surface area contributed by atoms with Gasteiger partial charge in [0.05, 0.1) is 5.56 Å². The molecule has 1 saturated heterocycles. The van der Waals surface area contributed by atoms with Crippen LogP contribution < -0.4 is 4.90 Å². The molecule has 2 heterocycles. The molecule has 1 N–H and O–H groups in total. The molecular weight excluding hydrogens is 309 g/mol. The highest BCUT2D eigenvalue weighted by atomic mass is 19.1. The Morgan fingerprint density at radius 3 is 2.83 bits per heavy atom. The number of aryl methyl sites for hydroxylation is 1. The predicted octanol–water partition coefficient (Wildman–Crippen LogP) is 3.29. The maximum absolute atomic E-state index is 14.1. The highest BCUT2D eigenvalue weighted by Crippen LogP contribution is 2.27. The van der Waals surface area contributed by atoms with E-state index in [-0.39, 0.29) is 5.82 Å². The van der Waals surface area contributed by atoms with Crippen molar-refractivity contribution in [3.8, 4) is 11.4 Å². The Hall–Kier alpha value is -2.50. The van der Waals surface area contributed by atoms with Crippen molar-refractivity contribution in [1.82, 2.24) is 9.97 Å². The lowest BCUT2D eigenvalue weighted by atomic mass is 10.0. The molecule has 0 radical (unpaired) electrons. The van der Waals surface area contributed by atoms with E-state index in [2.05, 4.69) is 9.97 Å². The van der Waals surface area contributed by atoms with Gasteiger partial charge in [-0.15, -0.1) is 0 Å². The minimum absolute atomic E-state index is 0.303. The van der Waals surface area contributed by atoms with Crippen LogP contribution in [0.15, 0.2) is 30.3 Å². The number of carboxylic acids is 1. The van der Waals surface area contributed by atoms with Crippen molar-refractivity contribution in [3.05, 3.63) is 41.8 Å². The molecule has 1 aliphatic heterocycles. The third kappa shape index (κ3) is 3.22. The Morgan fingerprint density at radius 1 is 1.33 bits per heavy atom. The first-order valence-electron chi connectivity index (χ1n) is 8.22. The van der Waals surface area contributed by atoms with Crippen LogP contribution in [0.2, 0.25) is 0 Å². The largest absolute Gasteiger partial charge is 0.480 e. The minimum atomic E-state index is -0.848. The zero-order valence-corrected chi connectivity index (χ0v) is 13.6. The zero-order valence-electron chi connectivity index (χ0n) is 13.6. The van der Waals surface area contributed by atoms with Gasteiger partial charge >= 0.3 is 5.97 Å². The molecule has 3 rings (SSSR count). The summed E-state index contributed by atoms with van der Waals surface area (Å²) in [6.07, 6.45) is 3.07. The second-order valence-electron chi connectivity index (χ2n) is 5.92. The van der Waals surface area contributed by atoms with Gasteiger partial charge in [-0.25, -0.2) is 19.2 Å². The molecule has 6 heteroatoms. The van der Waals surface area contributed by atoms with Crippen LogP contribution in [0.1, 0.15) is 31.9 Å². The first kappa shape index (κ1) is 16.4. The van der Waals surface area contributed by atoms with Crippen molar-refractivity contribution in [2.24, 2.45) is 0 Å². The lowest BCUT2D eigenvalue weighted by Crippen LogP contribution is -2.45. The van der Waals surface area contributed by atoms with E-state index in [0.29, 0.717) is 36.6 Å². The van der Waals surface area contributed by atoms with Crippen LogP contribution >= 0.6 is 0 Å². The Balaban J connectivity index is 2.06. The van der Waals surface area contributed by atoms with E-state index in [1.54, 1.807) is 23.1 Å². The van der Waals surface area contributed by atoms with Crippen LogP contribution in [-0.2, 0) is 11.2 Å². The number of hydrogen-bond acceptors (Lipinski definition) is 4. The minimum Gasteiger partial charge on any atom is -0.480 e. The second kappa shape index (κ2) is 6.95. The highest BCUT2D eigenvalue weighted by Gasteiger charge is 2.30. The lowest BCUT2D eigenvalue weighted by Gasteiger charge is -2.34. The SMILES string of the molecule is CCc1cc(N2CCCCC2C(=O)O)nc(-c2ccccc2F)n1. The standard InChI is InChI=1S/C18H20FN3O2/c1-2-12-11-16(22-10-6-5-9-15(22)18(23)24)21-17(20-12)13-7-3-4-8-14(13)19/h3-4,7-8,11,15H,2,5-6,9-10H2,1H3,(H,23,24). The van der Waals surface area contributed by atoms with Crippen LogP contribution in [0, 0.1) is 5.82 Å². The number of nitrogens with zero attached hydrogens (tertiary/aromatic N) is 3. The molecular formula is C18H20FN3O2. The average molecular weight is 329 g/mol. The Morgan fingerprint density at radius 2 is 2.12 bits per heavy atom. The molecule has 1 fully saturated rings. The van der Waals surface area contributed by atoms with E-state index in [1.165, 1.54) is 6.07 Å². The van der Waals surface area contributed by atoms with Crippen molar-refractivity contribution in [3.63, 3.8) is 0 Å². The van der Waals surface area contributed by atoms with E-state index < -0.39 is 12.0 Å². The number of halogens is 1. The first-order chi connectivity index (χ1) is 11.6. The smallest absolute Gasteiger partial charge is 0.326 e. The van der Waals surface area contributed by atoms with Gasteiger partial charge in [0.2, 0.25) is 0 Å². The van der Waals surface area contributed by atoms with Crippen LogP contribution in [0.3, 0.4) is 0 Å². The van der Waals surface area contributed by atoms with Crippen LogP contribution in [0.25, 0.3) is 11.4 Å². The number of aliphatic carboxylic acids is 1. The number of aromatic nitrogens is 2. The van der Waals surface area contributed by atoms with Crippen molar-refractivity contribution in [1.29, 1.82) is 0 Å². The Bertz CT molecular complexity index is 751. The third-order valence-corrected chi connectivity index (χ3v) is 4.32. The molecule has 1 aromatic carbocycles. The van der Waals surface area contributed by atoms with E-state index in [4.69, 9.17) is 0 Å². The summed E-state index contributed by atoms with van der Waals surface area (Å²) >= 11 is 0. The molecule has 0 saturated carbocycles. The molecule has 0 amide bonds. The lowest BCUT2D eigenvalue weighted by molar-refractivity contribution is -0.139. The predicted molar refractivity (Wildman–Crippen MR) is 89.4 cm³/mol. The number of hydrogen-bond donors (Lipinski definition) is 1. The van der Waals surface area contributed by atoms with Gasteiger partial charge in [-0.3, -0.25) is 0 Å². The van der Waals surface area contributed by atoms with E-state index in [0.717, 1.165) is 18.5 Å². The van der Waals surface area contributed by atoms with Crippen molar-refractivity contribution in [2.75, 3.05) is 11.4 Å². The first-order valence-corrected chi connectivity index (χ1v) is 8.22. The van der Waals surface area contributed by atoms with Gasteiger partial charge < -0.3 is 10.0 Å². The fourth-order valence-electron chi connectivity index (χ4n) is 3.04. The molecule has 1 atom stereocenters. The monoisotopic (exact) mass is 329 g/mol. The Labute approximate surface area is 140 Å². The quantitative estimate of drug-likeness (QED) is 0.932. The van der Waals surface area contributed by atoms with Crippen molar-refractivity contribution >= 4 is 11.8 Å². The summed E-state index contributed by atoms with van der Waals surface area (Å²) in [6, 6.07) is 7.59. The number of rotatable bonds is 4. The van der Waals surface area contributed by atoms with E-state index in [9.17, 15) is 14.3 Å². The highest BCUT2D eigenvalue weighted by molar-refractivity contribution is 5.78. The van der Waals surface area contributed by atoms with Crippen LogP contribution in [-0.4, -0.2) is 33.6 Å². The van der Waals surface area contributed by atoms with Crippen molar-refractivity contribution < 1.29 is 14.3 Å². The van der Waals surface area contributed by atoms with Gasteiger partial charge in [-0.2, -0.15) is 0 Å². The summed E-state index contributed by atoms with van der Waals surface area (Å²) in [7, 11) is 0. The maximum atomic E-state index is 14.1. The molecule has 1 unspecified atom stereocenters. The van der Waals surface area contributed by atoms with Gasteiger partial charge in [0.25, 0.3) is 0 Å². The van der Waals surface area contributed by atoms with Crippen LogP contribution in [0.4, 0.5) is 10.2 Å². The molecule has 5 nitrogen and oxygen atoms in total. The summed E-state index contributed by atoms with van der Waals surface area (Å²) in [5, 5.41) is 9.48. The zero-order chi connectivity index (χ0) is 17.1. The molecule has 1 aromatic heterocycles. The van der Waals surface area contributed by atoms with Crippen molar-refractivity contribution in [2.45, 2.75) is 38.6 Å². The molecule has 24 heavy (non-hydrogen) atoms. The Kier molecular flexibility index (Phi) is 4.74. The summed E-state index contributed by atoms with van der Waals surface area (Å²) in [6.45, 7) is 2.59. The van der Waals surface area contributed by atoms with Gasteiger partial charge in [-0.1, -0.05) is 19.1 Å². The molecule has 126 valence electrons. The van der Waals surface area contributed by atoms with E-state index >= 15 is 0 Å². The summed E-state index contributed by atoms with van der Waals surface area (Å²) in [5.41, 5.74) is 1.10. The fourth-order valence-corrected chi connectivity index (χ4v) is 3.04. The third-order valence-electron chi connectivity index (χ3n) is 4.32. The number of anilines is 1. The summed E-state index contributed by atoms with van der Waals surface area (Å²) in [5.74, 6) is -0.367. The van der Waals surface area contributed by atoms with Gasteiger partial charge in [0, 0.05) is 18.3 Å².